The number of nitrogens with two attached hydrogens (primary N) is 1. The van der Waals surface area contributed by atoms with Gasteiger partial charge in [-0.25, -0.2) is 0 Å². The summed E-state index contributed by atoms with van der Waals surface area (Å²) in [7, 11) is 0. The van der Waals surface area contributed by atoms with E-state index in [4.69, 9.17) is 10.3 Å². The second kappa shape index (κ2) is 6.50. The van der Waals surface area contributed by atoms with Crippen molar-refractivity contribution in [1.29, 1.82) is 0 Å². The third-order valence-electron chi connectivity index (χ3n) is 3.59. The summed E-state index contributed by atoms with van der Waals surface area (Å²) in [6.07, 6.45) is 4.00. The first kappa shape index (κ1) is 13.8. The molecule has 0 spiro atoms. The first-order valence-corrected chi connectivity index (χ1v) is 7.39. The Balaban J connectivity index is 1.81. The van der Waals surface area contributed by atoms with Crippen LogP contribution in [0, 0.1) is 0 Å². The van der Waals surface area contributed by atoms with Crippen LogP contribution in [-0.4, -0.2) is 16.7 Å². The smallest absolute Gasteiger partial charge is 0.226 e. The predicted molar refractivity (Wildman–Crippen MR) is 83.8 cm³/mol. The fourth-order valence-corrected chi connectivity index (χ4v) is 2.48. The Morgan fingerprint density at radius 3 is 2.71 bits per heavy atom. The van der Waals surface area contributed by atoms with Crippen molar-refractivity contribution >= 4 is 10.8 Å². The third kappa shape index (κ3) is 3.11. The summed E-state index contributed by atoms with van der Waals surface area (Å²) in [6, 6.07) is 14.4. The van der Waals surface area contributed by atoms with Gasteiger partial charge in [-0.2, -0.15) is 4.98 Å². The Labute approximate surface area is 124 Å². The van der Waals surface area contributed by atoms with E-state index >= 15 is 0 Å². The number of benzene rings is 2. The number of fused-ring (bicyclic) bond motifs is 1. The van der Waals surface area contributed by atoms with Gasteiger partial charge in [-0.15, -0.1) is 0 Å². The highest BCUT2D eigenvalue weighted by Crippen LogP contribution is 2.26. The van der Waals surface area contributed by atoms with E-state index in [0.717, 1.165) is 43.2 Å². The summed E-state index contributed by atoms with van der Waals surface area (Å²) in [5.41, 5.74) is 6.51. The van der Waals surface area contributed by atoms with E-state index in [1.807, 2.05) is 24.3 Å². The average Bonchev–Trinajstić information content (AvgIpc) is 3.00. The summed E-state index contributed by atoms with van der Waals surface area (Å²) in [6.45, 7) is 0.741. The lowest BCUT2D eigenvalue weighted by atomic mass is 10.0. The summed E-state index contributed by atoms with van der Waals surface area (Å²) < 4.78 is 5.36. The van der Waals surface area contributed by atoms with Crippen molar-refractivity contribution in [2.75, 3.05) is 6.54 Å². The molecule has 0 atom stereocenters. The topological polar surface area (TPSA) is 64.9 Å². The molecule has 0 saturated heterocycles. The van der Waals surface area contributed by atoms with Gasteiger partial charge < -0.3 is 10.3 Å². The minimum absolute atomic E-state index is 0.667. The van der Waals surface area contributed by atoms with Crippen LogP contribution in [-0.2, 0) is 6.42 Å². The first-order chi connectivity index (χ1) is 10.4. The maximum atomic E-state index is 5.49. The lowest BCUT2D eigenvalue weighted by molar-refractivity contribution is 0.374. The van der Waals surface area contributed by atoms with E-state index in [0.29, 0.717) is 11.7 Å². The van der Waals surface area contributed by atoms with E-state index in [9.17, 15) is 0 Å². The van der Waals surface area contributed by atoms with Gasteiger partial charge >= 0.3 is 0 Å². The molecule has 3 rings (SSSR count). The number of unbranched alkanes of at least 4 members (excludes halogenated alkanes) is 2. The second-order valence-electron chi connectivity index (χ2n) is 5.14. The zero-order chi connectivity index (χ0) is 14.5. The SMILES string of the molecule is NCCCCCc1nc(-c2cccc3ccccc23)no1. The fourth-order valence-electron chi connectivity index (χ4n) is 2.48. The molecule has 0 amide bonds. The molecular weight excluding hydrogens is 262 g/mol. The van der Waals surface area contributed by atoms with Crippen LogP contribution in [0.1, 0.15) is 25.2 Å². The molecule has 21 heavy (non-hydrogen) atoms. The number of hydrogen-bond acceptors (Lipinski definition) is 4. The molecule has 0 fully saturated rings. The van der Waals surface area contributed by atoms with Crippen LogP contribution < -0.4 is 5.73 Å². The number of aromatic nitrogens is 2. The number of rotatable bonds is 6. The molecule has 108 valence electrons. The van der Waals surface area contributed by atoms with Gasteiger partial charge in [0.2, 0.25) is 11.7 Å². The Kier molecular flexibility index (Phi) is 4.26. The average molecular weight is 281 g/mol. The molecule has 3 aromatic rings. The van der Waals surface area contributed by atoms with Crippen molar-refractivity contribution in [3.8, 4) is 11.4 Å². The van der Waals surface area contributed by atoms with Crippen molar-refractivity contribution in [2.45, 2.75) is 25.7 Å². The van der Waals surface area contributed by atoms with Crippen molar-refractivity contribution < 1.29 is 4.52 Å². The van der Waals surface area contributed by atoms with E-state index in [1.54, 1.807) is 0 Å². The first-order valence-electron chi connectivity index (χ1n) is 7.39. The Hall–Kier alpha value is -2.20. The van der Waals surface area contributed by atoms with Gasteiger partial charge in [0.25, 0.3) is 0 Å². The molecule has 1 aromatic heterocycles. The molecule has 0 aliphatic rings. The molecular formula is C17H19N3O. The van der Waals surface area contributed by atoms with Gasteiger partial charge in [-0.05, 0) is 30.2 Å². The molecule has 0 bridgehead atoms. The largest absolute Gasteiger partial charge is 0.339 e. The number of hydrogen-bond donors (Lipinski definition) is 1. The van der Waals surface area contributed by atoms with Crippen molar-refractivity contribution in [3.63, 3.8) is 0 Å². The molecule has 0 radical (unpaired) electrons. The van der Waals surface area contributed by atoms with E-state index in [-0.39, 0.29) is 0 Å². The van der Waals surface area contributed by atoms with Crippen molar-refractivity contribution in [3.05, 3.63) is 48.4 Å². The number of nitrogens with zero attached hydrogens (tertiary/aromatic N) is 2. The van der Waals surface area contributed by atoms with Gasteiger partial charge in [0.15, 0.2) is 0 Å². The summed E-state index contributed by atoms with van der Waals surface area (Å²) in [5, 5.41) is 6.46. The fraction of sp³-hybridized carbons (Fsp3) is 0.294. The molecule has 0 aliphatic heterocycles. The third-order valence-corrected chi connectivity index (χ3v) is 3.59. The van der Waals surface area contributed by atoms with E-state index < -0.39 is 0 Å². The zero-order valence-electron chi connectivity index (χ0n) is 12.0. The molecule has 0 aliphatic carbocycles. The molecule has 4 heteroatoms. The van der Waals surface area contributed by atoms with Crippen LogP contribution in [0.5, 0.6) is 0 Å². The lowest BCUT2D eigenvalue weighted by Crippen LogP contribution is -1.98. The van der Waals surface area contributed by atoms with Crippen LogP contribution in [0.25, 0.3) is 22.2 Å². The standard InChI is InChI=1S/C17H19N3O/c18-12-5-1-2-11-16-19-17(20-21-16)15-10-6-8-13-7-3-4-9-14(13)15/h3-4,6-10H,1-2,5,11-12,18H2. The van der Waals surface area contributed by atoms with E-state index in [1.165, 1.54) is 5.39 Å². The Bertz CT molecular complexity index is 715. The minimum Gasteiger partial charge on any atom is -0.339 e. The van der Waals surface area contributed by atoms with Gasteiger partial charge in [0.05, 0.1) is 0 Å². The molecule has 0 unspecified atom stereocenters. The maximum Gasteiger partial charge on any atom is 0.226 e. The lowest BCUT2D eigenvalue weighted by Gasteiger charge is -2.01. The van der Waals surface area contributed by atoms with Crippen LogP contribution in [0.2, 0.25) is 0 Å². The van der Waals surface area contributed by atoms with Crippen molar-refractivity contribution in [1.82, 2.24) is 10.1 Å². The predicted octanol–water partition coefficient (Wildman–Crippen LogP) is 3.56. The summed E-state index contributed by atoms with van der Waals surface area (Å²) in [4.78, 5) is 4.52. The summed E-state index contributed by atoms with van der Waals surface area (Å²) >= 11 is 0. The quantitative estimate of drug-likeness (QED) is 0.702. The highest BCUT2D eigenvalue weighted by Gasteiger charge is 2.11. The van der Waals surface area contributed by atoms with Gasteiger partial charge in [-0.1, -0.05) is 54.0 Å². The number of aryl methyl sites for hydroxylation is 1. The van der Waals surface area contributed by atoms with Gasteiger partial charge in [0.1, 0.15) is 0 Å². The molecule has 2 aromatic carbocycles. The molecule has 4 nitrogen and oxygen atoms in total. The molecule has 1 heterocycles. The highest BCUT2D eigenvalue weighted by atomic mass is 16.5. The monoisotopic (exact) mass is 281 g/mol. The molecule has 0 saturated carbocycles. The van der Waals surface area contributed by atoms with Crippen LogP contribution in [0.4, 0.5) is 0 Å². The zero-order valence-corrected chi connectivity index (χ0v) is 12.0. The molecule has 2 N–H and O–H groups in total. The normalized spacial score (nSPS) is 11.1. The minimum atomic E-state index is 0.667. The highest BCUT2D eigenvalue weighted by molar-refractivity contribution is 5.94. The van der Waals surface area contributed by atoms with Gasteiger partial charge in [0, 0.05) is 12.0 Å². The van der Waals surface area contributed by atoms with Crippen LogP contribution in [0.15, 0.2) is 47.0 Å². The van der Waals surface area contributed by atoms with Crippen LogP contribution >= 0.6 is 0 Å². The van der Waals surface area contributed by atoms with Gasteiger partial charge in [-0.3, -0.25) is 0 Å². The van der Waals surface area contributed by atoms with E-state index in [2.05, 4.69) is 28.3 Å². The van der Waals surface area contributed by atoms with Crippen molar-refractivity contribution in [2.24, 2.45) is 5.73 Å². The Morgan fingerprint density at radius 2 is 1.81 bits per heavy atom. The van der Waals surface area contributed by atoms with Crippen LogP contribution in [0.3, 0.4) is 0 Å². The maximum absolute atomic E-state index is 5.49. The Morgan fingerprint density at radius 1 is 0.952 bits per heavy atom. The summed E-state index contributed by atoms with van der Waals surface area (Å²) in [5.74, 6) is 1.37. The second-order valence-corrected chi connectivity index (χ2v) is 5.14.